The highest BCUT2D eigenvalue weighted by atomic mass is 35.5. The number of halogens is 1. The predicted octanol–water partition coefficient (Wildman–Crippen LogP) is 2.58. The van der Waals surface area contributed by atoms with Gasteiger partial charge in [0.25, 0.3) is 0 Å². The van der Waals surface area contributed by atoms with Crippen LogP contribution in [0.2, 0.25) is 5.02 Å². The number of methoxy groups -OCH3 is 1. The molecule has 1 fully saturated rings. The van der Waals surface area contributed by atoms with Gasteiger partial charge in [-0.2, -0.15) is 0 Å². The molecule has 1 heterocycles. The van der Waals surface area contributed by atoms with Gasteiger partial charge < -0.3 is 39.4 Å². The Labute approximate surface area is 229 Å². The van der Waals surface area contributed by atoms with Gasteiger partial charge >= 0.3 is 0 Å². The van der Waals surface area contributed by atoms with E-state index >= 15 is 0 Å². The van der Waals surface area contributed by atoms with E-state index in [2.05, 4.69) is 11.8 Å². The van der Waals surface area contributed by atoms with Crippen molar-refractivity contribution in [2.75, 3.05) is 33.5 Å². The minimum absolute atomic E-state index is 0.331. The summed E-state index contributed by atoms with van der Waals surface area (Å²) in [6, 6.07) is 11.3. The maximum atomic E-state index is 11.1. The van der Waals surface area contributed by atoms with Crippen LogP contribution in [-0.4, -0.2) is 78.4 Å². The average Bonchev–Trinajstić information content (AvgIpc) is 2.92. The lowest BCUT2D eigenvalue weighted by Gasteiger charge is -2.48. The SMILES string of the molecule is CC#CCOCCCc1cc(Cl)c(Cc2ccc(OCC)cc2)cc1C1(OC)O[C@H](CO)[C@@H](O)[C@H](O)[C@H]1O. The third-order valence-corrected chi connectivity index (χ3v) is 6.97. The lowest BCUT2D eigenvalue weighted by molar-refractivity contribution is -0.366. The quantitative estimate of drug-likeness (QED) is 0.236. The second kappa shape index (κ2) is 14.3. The second-order valence-electron chi connectivity index (χ2n) is 9.07. The lowest BCUT2D eigenvalue weighted by Crippen LogP contribution is -2.64. The van der Waals surface area contributed by atoms with Gasteiger partial charge in [-0.05, 0) is 74.1 Å². The van der Waals surface area contributed by atoms with Crippen LogP contribution in [0.15, 0.2) is 36.4 Å². The molecule has 2 aromatic rings. The maximum absolute atomic E-state index is 11.1. The number of rotatable bonds is 12. The molecule has 0 amide bonds. The van der Waals surface area contributed by atoms with E-state index < -0.39 is 36.8 Å². The third kappa shape index (κ3) is 6.87. The maximum Gasteiger partial charge on any atom is 0.225 e. The minimum Gasteiger partial charge on any atom is -0.494 e. The average molecular weight is 549 g/mol. The van der Waals surface area contributed by atoms with Crippen LogP contribution in [-0.2, 0) is 32.8 Å². The second-order valence-corrected chi connectivity index (χ2v) is 9.48. The molecule has 0 radical (unpaired) electrons. The van der Waals surface area contributed by atoms with Gasteiger partial charge in [0.1, 0.15) is 36.8 Å². The minimum atomic E-state index is -1.85. The Morgan fingerprint density at radius 2 is 1.82 bits per heavy atom. The summed E-state index contributed by atoms with van der Waals surface area (Å²) in [6.45, 7) is 4.44. The molecule has 4 N–H and O–H groups in total. The first-order valence-corrected chi connectivity index (χ1v) is 13.1. The third-order valence-electron chi connectivity index (χ3n) is 6.62. The molecule has 5 atom stereocenters. The number of aryl methyl sites for hydroxylation is 1. The van der Waals surface area contributed by atoms with Crippen molar-refractivity contribution in [3.8, 4) is 17.6 Å². The van der Waals surface area contributed by atoms with E-state index in [9.17, 15) is 20.4 Å². The Kier molecular flexibility index (Phi) is 11.4. The normalized spacial score (nSPS) is 25.1. The van der Waals surface area contributed by atoms with Crippen LogP contribution >= 0.6 is 11.6 Å². The summed E-state index contributed by atoms with van der Waals surface area (Å²) >= 11 is 6.74. The molecule has 208 valence electrons. The van der Waals surface area contributed by atoms with E-state index in [1.165, 1.54) is 7.11 Å². The van der Waals surface area contributed by atoms with Crippen LogP contribution < -0.4 is 4.74 Å². The van der Waals surface area contributed by atoms with Crippen LogP contribution in [0.25, 0.3) is 0 Å². The van der Waals surface area contributed by atoms with Crippen LogP contribution in [0.3, 0.4) is 0 Å². The summed E-state index contributed by atoms with van der Waals surface area (Å²) in [5.41, 5.74) is 2.91. The number of hydrogen-bond donors (Lipinski definition) is 4. The van der Waals surface area contributed by atoms with E-state index in [0.29, 0.717) is 49.7 Å². The summed E-state index contributed by atoms with van der Waals surface area (Å²) in [5, 5.41) is 42.4. The van der Waals surface area contributed by atoms with Crippen LogP contribution in [0, 0.1) is 11.8 Å². The van der Waals surface area contributed by atoms with Gasteiger partial charge in [0, 0.05) is 24.3 Å². The van der Waals surface area contributed by atoms with Crippen molar-refractivity contribution in [2.24, 2.45) is 0 Å². The molecule has 0 aliphatic carbocycles. The Morgan fingerprint density at radius 3 is 2.45 bits per heavy atom. The molecular weight excluding hydrogens is 512 g/mol. The molecule has 2 aromatic carbocycles. The predicted molar refractivity (Wildman–Crippen MR) is 143 cm³/mol. The van der Waals surface area contributed by atoms with E-state index in [0.717, 1.165) is 22.4 Å². The summed E-state index contributed by atoms with van der Waals surface area (Å²) in [6.07, 6.45) is -4.33. The molecule has 1 aliphatic heterocycles. The molecule has 0 spiro atoms. The Bertz CT molecular complexity index is 1090. The van der Waals surface area contributed by atoms with Crippen molar-refractivity contribution >= 4 is 11.6 Å². The summed E-state index contributed by atoms with van der Waals surface area (Å²) in [4.78, 5) is 0. The number of aliphatic hydroxyl groups is 4. The number of hydrogen-bond acceptors (Lipinski definition) is 8. The monoisotopic (exact) mass is 548 g/mol. The van der Waals surface area contributed by atoms with Gasteiger partial charge in [-0.3, -0.25) is 0 Å². The molecule has 8 nitrogen and oxygen atoms in total. The largest absolute Gasteiger partial charge is 0.494 e. The fraction of sp³-hybridized carbons (Fsp3) is 0.517. The first kappa shape index (κ1) is 30.4. The van der Waals surface area contributed by atoms with Gasteiger partial charge in [0.05, 0.1) is 13.2 Å². The summed E-state index contributed by atoms with van der Waals surface area (Å²) in [5.74, 6) is 4.55. The van der Waals surface area contributed by atoms with E-state index in [1.54, 1.807) is 19.1 Å². The van der Waals surface area contributed by atoms with Crippen molar-refractivity contribution < 1.29 is 39.4 Å². The molecule has 0 aromatic heterocycles. The topological polar surface area (TPSA) is 118 Å². The van der Waals surface area contributed by atoms with E-state index in [-0.39, 0.29) is 0 Å². The van der Waals surface area contributed by atoms with Gasteiger partial charge in [0.15, 0.2) is 0 Å². The van der Waals surface area contributed by atoms with E-state index in [1.807, 2.05) is 31.2 Å². The molecule has 0 saturated carbocycles. The molecule has 0 bridgehead atoms. The van der Waals surface area contributed by atoms with Gasteiger partial charge in [-0.1, -0.05) is 29.7 Å². The Hall–Kier alpha value is -2.19. The van der Waals surface area contributed by atoms with Gasteiger partial charge in [-0.15, -0.1) is 5.92 Å². The van der Waals surface area contributed by atoms with Gasteiger partial charge in [0.2, 0.25) is 5.79 Å². The fourth-order valence-corrected chi connectivity index (χ4v) is 4.87. The number of ether oxygens (including phenoxy) is 4. The smallest absolute Gasteiger partial charge is 0.225 e. The van der Waals surface area contributed by atoms with Crippen molar-refractivity contribution in [3.05, 3.63) is 63.7 Å². The zero-order valence-corrected chi connectivity index (χ0v) is 22.8. The van der Waals surface area contributed by atoms with Crippen LogP contribution in [0.5, 0.6) is 5.75 Å². The molecule has 1 aliphatic rings. The van der Waals surface area contributed by atoms with Crippen molar-refractivity contribution in [2.45, 2.75) is 63.3 Å². The molecule has 38 heavy (non-hydrogen) atoms. The zero-order chi connectivity index (χ0) is 27.7. The first-order chi connectivity index (χ1) is 18.3. The molecular formula is C29H37ClO8. The summed E-state index contributed by atoms with van der Waals surface area (Å²) < 4.78 is 22.8. The zero-order valence-electron chi connectivity index (χ0n) is 22.0. The molecule has 1 unspecified atom stereocenters. The van der Waals surface area contributed by atoms with E-state index in [4.69, 9.17) is 30.5 Å². The summed E-state index contributed by atoms with van der Waals surface area (Å²) in [7, 11) is 1.35. The van der Waals surface area contributed by atoms with Crippen molar-refractivity contribution in [3.63, 3.8) is 0 Å². The van der Waals surface area contributed by atoms with Crippen molar-refractivity contribution in [1.82, 2.24) is 0 Å². The lowest BCUT2D eigenvalue weighted by atomic mass is 9.83. The number of aliphatic hydroxyl groups excluding tert-OH is 4. The first-order valence-electron chi connectivity index (χ1n) is 12.7. The van der Waals surface area contributed by atoms with Crippen molar-refractivity contribution in [1.29, 1.82) is 0 Å². The van der Waals surface area contributed by atoms with Crippen LogP contribution in [0.1, 0.15) is 42.5 Å². The molecule has 3 rings (SSSR count). The Morgan fingerprint density at radius 1 is 1.08 bits per heavy atom. The highest BCUT2D eigenvalue weighted by molar-refractivity contribution is 6.31. The highest BCUT2D eigenvalue weighted by Crippen LogP contribution is 2.42. The highest BCUT2D eigenvalue weighted by Gasteiger charge is 2.55. The van der Waals surface area contributed by atoms with Crippen LogP contribution in [0.4, 0.5) is 0 Å². The molecule has 9 heteroatoms. The Balaban J connectivity index is 2.01. The van der Waals surface area contributed by atoms with Gasteiger partial charge in [-0.25, -0.2) is 0 Å². The number of benzene rings is 2. The molecule has 1 saturated heterocycles. The standard InChI is InChI=1S/C29H37ClO8/c1-4-6-13-36-14-7-8-20-17-24(30)21(15-19-9-11-22(12-10-19)37-5-2)16-23(20)29(35-3)28(34)27(33)26(32)25(18-31)38-29/h9-12,16-17,25-28,31-34H,5,7-8,13-15,18H2,1-3H3/t25-,26-,27+,28-,29?/m1/s1. The fourth-order valence-electron chi connectivity index (χ4n) is 4.62.